The number of carbonyl (C=O) groups excluding carboxylic acids is 1. The molecule has 1 aliphatic rings. The Hall–Kier alpha value is -2.60. The minimum atomic E-state index is -0.595. The number of nitrogens with one attached hydrogen (secondary N) is 1. The number of benzene rings is 2. The zero-order chi connectivity index (χ0) is 19.2. The van der Waals surface area contributed by atoms with Crippen molar-refractivity contribution in [2.45, 2.75) is 44.8 Å². The highest BCUT2D eigenvalue weighted by atomic mass is 35.5. The SMILES string of the molecule is O=C(NCc1ccc(OC2CCCCC2)cc1)c1cc(Cl)ccc1[N+](=O)[O-]. The monoisotopic (exact) mass is 388 g/mol. The highest BCUT2D eigenvalue weighted by Gasteiger charge is 2.20. The molecule has 0 aliphatic heterocycles. The van der Waals surface area contributed by atoms with Gasteiger partial charge in [-0.15, -0.1) is 0 Å². The zero-order valence-electron chi connectivity index (χ0n) is 14.8. The van der Waals surface area contributed by atoms with Crippen molar-refractivity contribution in [1.82, 2.24) is 5.32 Å². The van der Waals surface area contributed by atoms with E-state index < -0.39 is 10.8 Å². The number of rotatable bonds is 6. The first-order valence-electron chi connectivity index (χ1n) is 9.00. The van der Waals surface area contributed by atoms with Crippen molar-refractivity contribution in [2.24, 2.45) is 0 Å². The van der Waals surface area contributed by atoms with Gasteiger partial charge in [0.05, 0.1) is 11.0 Å². The third-order valence-electron chi connectivity index (χ3n) is 4.63. The van der Waals surface area contributed by atoms with Gasteiger partial charge < -0.3 is 10.1 Å². The molecular weight excluding hydrogens is 368 g/mol. The first-order valence-corrected chi connectivity index (χ1v) is 9.38. The summed E-state index contributed by atoms with van der Waals surface area (Å²) in [6.07, 6.45) is 6.18. The topological polar surface area (TPSA) is 81.5 Å². The van der Waals surface area contributed by atoms with Crippen molar-refractivity contribution >= 4 is 23.2 Å². The van der Waals surface area contributed by atoms with E-state index in [0.29, 0.717) is 0 Å². The van der Waals surface area contributed by atoms with Gasteiger partial charge in [0.25, 0.3) is 11.6 Å². The molecule has 0 saturated heterocycles. The number of nitro groups is 1. The van der Waals surface area contributed by atoms with Gasteiger partial charge in [0, 0.05) is 17.6 Å². The minimum absolute atomic E-state index is 0.0512. The second-order valence-electron chi connectivity index (χ2n) is 6.62. The van der Waals surface area contributed by atoms with Gasteiger partial charge in [-0.2, -0.15) is 0 Å². The second-order valence-corrected chi connectivity index (χ2v) is 7.06. The number of hydrogen-bond acceptors (Lipinski definition) is 4. The quantitative estimate of drug-likeness (QED) is 0.564. The highest BCUT2D eigenvalue weighted by molar-refractivity contribution is 6.31. The number of halogens is 1. The number of ether oxygens (including phenoxy) is 1. The summed E-state index contributed by atoms with van der Waals surface area (Å²) in [5, 5.41) is 14.1. The maximum absolute atomic E-state index is 12.3. The molecule has 0 aromatic heterocycles. The number of hydrogen-bond donors (Lipinski definition) is 1. The molecule has 2 aromatic rings. The molecule has 1 saturated carbocycles. The fourth-order valence-corrected chi connectivity index (χ4v) is 3.36. The number of nitrogens with zero attached hydrogens (tertiary/aromatic N) is 1. The lowest BCUT2D eigenvalue weighted by Crippen LogP contribution is -2.23. The van der Waals surface area contributed by atoms with Gasteiger partial charge in [0.2, 0.25) is 0 Å². The fourth-order valence-electron chi connectivity index (χ4n) is 3.19. The molecule has 1 aliphatic carbocycles. The third-order valence-corrected chi connectivity index (χ3v) is 4.87. The Morgan fingerprint density at radius 3 is 2.52 bits per heavy atom. The predicted octanol–water partition coefficient (Wildman–Crippen LogP) is 4.89. The van der Waals surface area contributed by atoms with Gasteiger partial charge in [-0.3, -0.25) is 14.9 Å². The largest absolute Gasteiger partial charge is 0.490 e. The summed E-state index contributed by atoms with van der Waals surface area (Å²) in [6, 6.07) is 11.5. The maximum atomic E-state index is 12.3. The molecule has 0 atom stereocenters. The van der Waals surface area contributed by atoms with Crippen LogP contribution in [-0.4, -0.2) is 16.9 Å². The van der Waals surface area contributed by atoms with Gasteiger partial charge in [-0.25, -0.2) is 0 Å². The standard InChI is InChI=1S/C20H21ClN2O4/c21-15-8-11-19(23(25)26)18(12-15)20(24)22-13-14-6-9-17(10-7-14)27-16-4-2-1-3-5-16/h6-12,16H,1-5,13H2,(H,22,24). The summed E-state index contributed by atoms with van der Waals surface area (Å²) in [5.41, 5.74) is 0.557. The van der Waals surface area contributed by atoms with Crippen LogP contribution in [0, 0.1) is 10.1 Å². The van der Waals surface area contributed by atoms with Gasteiger partial charge >= 0.3 is 0 Å². The van der Waals surface area contributed by atoms with Gasteiger partial charge in [-0.05, 0) is 55.5 Å². The Labute approximate surface area is 162 Å². The lowest BCUT2D eigenvalue weighted by Gasteiger charge is -2.23. The van der Waals surface area contributed by atoms with Gasteiger partial charge in [-0.1, -0.05) is 30.2 Å². The van der Waals surface area contributed by atoms with Crippen LogP contribution < -0.4 is 10.1 Å². The molecule has 1 N–H and O–H groups in total. The van der Waals surface area contributed by atoms with E-state index in [1.54, 1.807) is 0 Å². The van der Waals surface area contributed by atoms with Crippen molar-refractivity contribution in [3.8, 4) is 5.75 Å². The number of nitro benzene ring substituents is 1. The molecule has 142 valence electrons. The molecule has 0 unspecified atom stereocenters. The van der Waals surface area contributed by atoms with Crippen LogP contribution in [0.2, 0.25) is 5.02 Å². The maximum Gasteiger partial charge on any atom is 0.282 e. The van der Waals surface area contributed by atoms with Crippen molar-refractivity contribution < 1.29 is 14.5 Å². The normalized spacial score (nSPS) is 14.6. The zero-order valence-corrected chi connectivity index (χ0v) is 15.6. The Balaban J connectivity index is 1.59. The molecule has 1 fully saturated rings. The smallest absolute Gasteiger partial charge is 0.282 e. The summed E-state index contributed by atoms with van der Waals surface area (Å²) in [6.45, 7) is 0.256. The van der Waals surface area contributed by atoms with E-state index in [0.717, 1.165) is 24.2 Å². The van der Waals surface area contributed by atoms with Crippen molar-refractivity contribution in [2.75, 3.05) is 0 Å². The minimum Gasteiger partial charge on any atom is -0.490 e. The lowest BCUT2D eigenvalue weighted by molar-refractivity contribution is -0.385. The first kappa shape index (κ1) is 19.2. The van der Waals surface area contributed by atoms with Crippen LogP contribution in [0.15, 0.2) is 42.5 Å². The van der Waals surface area contributed by atoms with Crippen LogP contribution in [0.1, 0.15) is 48.0 Å². The van der Waals surface area contributed by atoms with E-state index in [1.165, 1.54) is 37.5 Å². The predicted molar refractivity (Wildman–Crippen MR) is 103 cm³/mol. The Morgan fingerprint density at radius 2 is 1.85 bits per heavy atom. The molecular formula is C20H21ClN2O4. The molecule has 0 bridgehead atoms. The van der Waals surface area contributed by atoms with E-state index >= 15 is 0 Å². The lowest BCUT2D eigenvalue weighted by atomic mass is 9.98. The first-order chi connectivity index (χ1) is 13.0. The van der Waals surface area contributed by atoms with Crippen molar-refractivity contribution in [3.05, 3.63) is 68.7 Å². The molecule has 6 nitrogen and oxygen atoms in total. The molecule has 1 amide bonds. The molecule has 27 heavy (non-hydrogen) atoms. The molecule has 0 radical (unpaired) electrons. The highest BCUT2D eigenvalue weighted by Crippen LogP contribution is 2.24. The third kappa shape index (κ3) is 5.20. The van der Waals surface area contributed by atoms with Crippen LogP contribution >= 0.6 is 11.6 Å². The van der Waals surface area contributed by atoms with Gasteiger partial charge in [0.1, 0.15) is 11.3 Å². The number of carbonyl (C=O) groups is 1. The number of amides is 1. The van der Waals surface area contributed by atoms with E-state index in [2.05, 4.69) is 5.32 Å². The van der Waals surface area contributed by atoms with Crippen molar-refractivity contribution in [3.63, 3.8) is 0 Å². The van der Waals surface area contributed by atoms with E-state index in [9.17, 15) is 14.9 Å². The second kappa shape index (κ2) is 8.86. The molecule has 0 spiro atoms. The summed E-state index contributed by atoms with van der Waals surface area (Å²) >= 11 is 5.86. The van der Waals surface area contributed by atoms with Crippen LogP contribution in [0.3, 0.4) is 0 Å². The van der Waals surface area contributed by atoms with Gasteiger partial charge in [0.15, 0.2) is 0 Å². The summed E-state index contributed by atoms with van der Waals surface area (Å²) < 4.78 is 5.98. The Morgan fingerprint density at radius 1 is 1.15 bits per heavy atom. The van der Waals surface area contributed by atoms with Crippen LogP contribution in [0.5, 0.6) is 5.75 Å². The average molecular weight is 389 g/mol. The summed E-state index contributed by atoms with van der Waals surface area (Å²) in [4.78, 5) is 22.8. The fraction of sp³-hybridized carbons (Fsp3) is 0.350. The Bertz CT molecular complexity index is 817. The van der Waals surface area contributed by atoms with Crippen LogP contribution in [0.4, 0.5) is 5.69 Å². The van der Waals surface area contributed by atoms with E-state index in [-0.39, 0.29) is 28.9 Å². The van der Waals surface area contributed by atoms with E-state index in [4.69, 9.17) is 16.3 Å². The van der Waals surface area contributed by atoms with Crippen LogP contribution in [-0.2, 0) is 6.54 Å². The van der Waals surface area contributed by atoms with Crippen molar-refractivity contribution in [1.29, 1.82) is 0 Å². The summed E-state index contributed by atoms with van der Waals surface area (Å²) in [7, 11) is 0. The average Bonchev–Trinajstić information content (AvgIpc) is 2.67. The molecule has 0 heterocycles. The molecule has 2 aromatic carbocycles. The molecule has 7 heteroatoms. The Kier molecular flexibility index (Phi) is 6.29. The summed E-state index contributed by atoms with van der Waals surface area (Å²) in [5.74, 6) is 0.286. The molecule has 3 rings (SSSR count). The van der Waals surface area contributed by atoms with Crippen LogP contribution in [0.25, 0.3) is 0 Å². The van der Waals surface area contributed by atoms with E-state index in [1.807, 2.05) is 24.3 Å².